The Morgan fingerprint density at radius 1 is 1.27 bits per heavy atom. The molecule has 3 heteroatoms. The highest BCUT2D eigenvalue weighted by Gasteiger charge is 2.23. The van der Waals surface area contributed by atoms with Gasteiger partial charge in [0.05, 0.1) is 6.54 Å². The SMILES string of the molecule is C1CC[C@H](C2=NCCO2)OC1. The minimum atomic E-state index is 0.172. The van der Waals surface area contributed by atoms with E-state index >= 15 is 0 Å². The fourth-order valence-electron chi connectivity index (χ4n) is 1.48. The van der Waals surface area contributed by atoms with Crippen LogP contribution < -0.4 is 0 Å². The third-order valence-corrected chi connectivity index (χ3v) is 2.06. The lowest BCUT2D eigenvalue weighted by atomic mass is 10.1. The highest BCUT2D eigenvalue weighted by molar-refractivity contribution is 5.82. The van der Waals surface area contributed by atoms with Gasteiger partial charge in [-0.1, -0.05) is 0 Å². The van der Waals surface area contributed by atoms with Crippen LogP contribution in [0.4, 0.5) is 0 Å². The monoisotopic (exact) mass is 155 g/mol. The zero-order valence-corrected chi connectivity index (χ0v) is 6.58. The van der Waals surface area contributed by atoms with Gasteiger partial charge < -0.3 is 9.47 Å². The molecule has 0 aromatic rings. The van der Waals surface area contributed by atoms with Gasteiger partial charge in [-0.3, -0.25) is 0 Å². The molecular weight excluding hydrogens is 142 g/mol. The standard InChI is InChI=1S/C8H13NO2/c1-2-5-10-7(3-1)8-9-4-6-11-8/h7H,1-6H2/t7-/m1/s1. The van der Waals surface area contributed by atoms with Crippen LogP contribution in [0.5, 0.6) is 0 Å². The Kier molecular flexibility index (Phi) is 2.08. The summed E-state index contributed by atoms with van der Waals surface area (Å²) in [6, 6.07) is 0. The molecule has 2 aliphatic heterocycles. The number of hydrogen-bond acceptors (Lipinski definition) is 3. The van der Waals surface area contributed by atoms with Crippen molar-refractivity contribution in [2.45, 2.75) is 25.4 Å². The zero-order valence-electron chi connectivity index (χ0n) is 6.58. The highest BCUT2D eigenvalue weighted by Crippen LogP contribution is 2.16. The second-order valence-electron chi connectivity index (χ2n) is 2.92. The predicted octanol–water partition coefficient (Wildman–Crippen LogP) is 0.984. The number of ether oxygens (including phenoxy) is 2. The maximum Gasteiger partial charge on any atom is 0.213 e. The molecule has 0 aromatic heterocycles. The van der Waals surface area contributed by atoms with Crippen LogP contribution >= 0.6 is 0 Å². The first-order chi connectivity index (χ1) is 5.47. The lowest BCUT2D eigenvalue weighted by Gasteiger charge is -2.21. The van der Waals surface area contributed by atoms with E-state index in [0.717, 1.165) is 32.1 Å². The molecule has 0 N–H and O–H groups in total. The highest BCUT2D eigenvalue weighted by atomic mass is 16.5. The van der Waals surface area contributed by atoms with E-state index in [4.69, 9.17) is 9.47 Å². The third kappa shape index (κ3) is 1.53. The molecule has 0 radical (unpaired) electrons. The first-order valence-corrected chi connectivity index (χ1v) is 4.25. The van der Waals surface area contributed by atoms with Crippen molar-refractivity contribution in [3.8, 4) is 0 Å². The Morgan fingerprint density at radius 2 is 2.27 bits per heavy atom. The van der Waals surface area contributed by atoms with Gasteiger partial charge >= 0.3 is 0 Å². The fraction of sp³-hybridized carbons (Fsp3) is 0.875. The molecule has 0 unspecified atom stereocenters. The van der Waals surface area contributed by atoms with E-state index < -0.39 is 0 Å². The molecule has 1 fully saturated rings. The summed E-state index contributed by atoms with van der Waals surface area (Å²) in [4.78, 5) is 4.23. The normalized spacial score (nSPS) is 31.3. The molecule has 0 aromatic carbocycles. The van der Waals surface area contributed by atoms with Crippen LogP contribution in [0.1, 0.15) is 19.3 Å². The lowest BCUT2D eigenvalue weighted by Crippen LogP contribution is -2.28. The summed E-state index contributed by atoms with van der Waals surface area (Å²) in [5.74, 6) is 0.838. The minimum absolute atomic E-state index is 0.172. The van der Waals surface area contributed by atoms with E-state index in [2.05, 4.69) is 4.99 Å². The summed E-state index contributed by atoms with van der Waals surface area (Å²) in [5.41, 5.74) is 0. The van der Waals surface area contributed by atoms with Gasteiger partial charge in [-0.25, -0.2) is 4.99 Å². The molecule has 62 valence electrons. The molecule has 1 atom stereocenters. The molecule has 2 rings (SSSR count). The van der Waals surface area contributed by atoms with E-state index in [0.29, 0.717) is 0 Å². The maximum absolute atomic E-state index is 5.51. The van der Waals surface area contributed by atoms with Crippen LogP contribution in [0.25, 0.3) is 0 Å². The topological polar surface area (TPSA) is 30.8 Å². The van der Waals surface area contributed by atoms with Crippen LogP contribution in [0.15, 0.2) is 4.99 Å². The maximum atomic E-state index is 5.51. The Labute approximate surface area is 66.4 Å². The van der Waals surface area contributed by atoms with Crippen molar-refractivity contribution in [2.75, 3.05) is 19.8 Å². The van der Waals surface area contributed by atoms with Crippen molar-refractivity contribution in [3.05, 3.63) is 0 Å². The molecule has 0 saturated carbocycles. The van der Waals surface area contributed by atoms with Crippen molar-refractivity contribution in [1.29, 1.82) is 0 Å². The third-order valence-electron chi connectivity index (χ3n) is 2.06. The van der Waals surface area contributed by atoms with Crippen LogP contribution in [-0.4, -0.2) is 31.8 Å². The van der Waals surface area contributed by atoms with Gasteiger partial charge in [0.1, 0.15) is 12.7 Å². The Balaban J connectivity index is 1.92. The minimum Gasteiger partial charge on any atom is -0.477 e. The van der Waals surface area contributed by atoms with Crippen molar-refractivity contribution >= 4 is 5.90 Å². The van der Waals surface area contributed by atoms with Gasteiger partial charge in [-0.05, 0) is 19.3 Å². The average Bonchev–Trinajstić information content (AvgIpc) is 2.58. The van der Waals surface area contributed by atoms with Gasteiger partial charge in [0, 0.05) is 6.61 Å². The molecule has 2 heterocycles. The van der Waals surface area contributed by atoms with Gasteiger partial charge in [0.25, 0.3) is 0 Å². The van der Waals surface area contributed by atoms with Crippen LogP contribution in [-0.2, 0) is 9.47 Å². The quantitative estimate of drug-likeness (QED) is 0.565. The largest absolute Gasteiger partial charge is 0.477 e. The Morgan fingerprint density at radius 3 is 2.91 bits per heavy atom. The molecule has 2 aliphatic rings. The van der Waals surface area contributed by atoms with Crippen molar-refractivity contribution < 1.29 is 9.47 Å². The molecule has 0 aliphatic carbocycles. The summed E-state index contributed by atoms with van der Waals surface area (Å²) in [5, 5.41) is 0. The van der Waals surface area contributed by atoms with Crippen molar-refractivity contribution in [1.82, 2.24) is 0 Å². The van der Waals surface area contributed by atoms with E-state index in [-0.39, 0.29) is 6.10 Å². The number of aliphatic imine (C=N–C) groups is 1. The molecular formula is C8H13NO2. The number of rotatable bonds is 1. The average molecular weight is 155 g/mol. The summed E-state index contributed by atoms with van der Waals surface area (Å²) in [6.07, 6.45) is 3.68. The van der Waals surface area contributed by atoms with Crippen LogP contribution in [0, 0.1) is 0 Å². The summed E-state index contributed by atoms with van der Waals surface area (Å²) >= 11 is 0. The van der Waals surface area contributed by atoms with Gasteiger partial charge in [-0.2, -0.15) is 0 Å². The predicted molar refractivity (Wildman–Crippen MR) is 41.8 cm³/mol. The molecule has 11 heavy (non-hydrogen) atoms. The number of nitrogens with zero attached hydrogens (tertiary/aromatic N) is 1. The second-order valence-corrected chi connectivity index (χ2v) is 2.92. The summed E-state index contributed by atoms with van der Waals surface area (Å²) in [7, 11) is 0. The molecule has 3 nitrogen and oxygen atoms in total. The van der Waals surface area contributed by atoms with E-state index in [1.54, 1.807) is 0 Å². The molecule has 1 saturated heterocycles. The smallest absolute Gasteiger partial charge is 0.213 e. The van der Waals surface area contributed by atoms with Gasteiger partial charge in [-0.15, -0.1) is 0 Å². The Hall–Kier alpha value is -0.570. The van der Waals surface area contributed by atoms with Crippen molar-refractivity contribution in [3.63, 3.8) is 0 Å². The lowest BCUT2D eigenvalue weighted by molar-refractivity contribution is 0.0452. The Bertz CT molecular complexity index is 161. The first-order valence-electron chi connectivity index (χ1n) is 4.25. The molecule has 0 spiro atoms. The van der Waals surface area contributed by atoms with E-state index in [1.165, 1.54) is 12.8 Å². The first kappa shape index (κ1) is 7.10. The molecule has 0 amide bonds. The second kappa shape index (κ2) is 3.22. The zero-order chi connectivity index (χ0) is 7.52. The van der Waals surface area contributed by atoms with Crippen LogP contribution in [0.3, 0.4) is 0 Å². The summed E-state index contributed by atoms with van der Waals surface area (Å²) in [6.45, 7) is 2.43. The number of hydrogen-bond donors (Lipinski definition) is 0. The molecule has 0 bridgehead atoms. The van der Waals surface area contributed by atoms with Crippen molar-refractivity contribution in [2.24, 2.45) is 4.99 Å². The van der Waals surface area contributed by atoms with Gasteiger partial charge in [0.2, 0.25) is 5.90 Å². The fourth-order valence-corrected chi connectivity index (χ4v) is 1.48. The van der Waals surface area contributed by atoms with Crippen LogP contribution in [0.2, 0.25) is 0 Å². The van der Waals surface area contributed by atoms with E-state index in [9.17, 15) is 0 Å². The van der Waals surface area contributed by atoms with E-state index in [1.807, 2.05) is 0 Å². The summed E-state index contributed by atoms with van der Waals surface area (Å²) < 4.78 is 10.8. The van der Waals surface area contributed by atoms with Gasteiger partial charge in [0.15, 0.2) is 0 Å².